The molecule has 0 aliphatic carbocycles. The summed E-state index contributed by atoms with van der Waals surface area (Å²) in [7, 11) is 2.86. The highest BCUT2D eigenvalue weighted by Gasteiger charge is 2.31. The number of aromatic nitrogens is 1. The lowest BCUT2D eigenvalue weighted by molar-refractivity contribution is -0.118. The van der Waals surface area contributed by atoms with Gasteiger partial charge in [0, 0.05) is 19.2 Å². The van der Waals surface area contributed by atoms with Crippen LogP contribution >= 0.6 is 0 Å². The lowest BCUT2D eigenvalue weighted by atomic mass is 9.90. The molecule has 3 rings (SSSR count). The maximum atomic E-state index is 13.3. The Kier molecular flexibility index (Phi) is 5.77. The van der Waals surface area contributed by atoms with Gasteiger partial charge in [0.15, 0.2) is 5.78 Å². The van der Waals surface area contributed by atoms with Crippen LogP contribution < -0.4 is 9.64 Å². The zero-order chi connectivity index (χ0) is 21.3. The fourth-order valence-electron chi connectivity index (χ4n) is 4.00. The molecule has 1 aromatic heterocycles. The molecule has 0 radical (unpaired) electrons. The quantitative estimate of drug-likeness (QED) is 0.616. The second kappa shape index (κ2) is 8.11. The van der Waals surface area contributed by atoms with Crippen molar-refractivity contribution < 1.29 is 23.9 Å². The molecule has 2 aromatic rings. The second-order valence-corrected chi connectivity index (χ2v) is 7.34. The van der Waals surface area contributed by atoms with Crippen LogP contribution in [0.4, 0.5) is 5.69 Å². The van der Waals surface area contributed by atoms with Crippen molar-refractivity contribution in [1.82, 2.24) is 4.98 Å². The van der Waals surface area contributed by atoms with Gasteiger partial charge in [-0.05, 0) is 36.5 Å². The molecule has 0 bridgehead atoms. The highest BCUT2D eigenvalue weighted by atomic mass is 16.5. The molecule has 0 fully saturated rings. The molecule has 7 nitrogen and oxygen atoms in total. The first-order valence-corrected chi connectivity index (χ1v) is 9.58. The highest BCUT2D eigenvalue weighted by molar-refractivity contribution is 6.03. The van der Waals surface area contributed by atoms with Crippen LogP contribution in [0.5, 0.6) is 5.75 Å². The average molecular weight is 398 g/mol. The maximum Gasteiger partial charge on any atom is 0.339 e. The lowest BCUT2D eigenvalue weighted by Gasteiger charge is -2.34. The van der Waals surface area contributed by atoms with Crippen molar-refractivity contribution in [3.8, 4) is 5.75 Å². The first-order chi connectivity index (χ1) is 13.8. The number of rotatable bonds is 5. The van der Waals surface area contributed by atoms with Crippen LogP contribution in [0.1, 0.15) is 63.9 Å². The number of benzene rings is 1. The molecule has 1 N–H and O–H groups in total. The average Bonchev–Trinajstić information content (AvgIpc) is 3.03. The molecule has 1 atom stereocenters. The number of anilines is 1. The van der Waals surface area contributed by atoms with Gasteiger partial charge in [-0.25, -0.2) is 4.79 Å². The van der Waals surface area contributed by atoms with Crippen LogP contribution in [0.2, 0.25) is 0 Å². The number of amides is 1. The minimum atomic E-state index is -0.570. The van der Waals surface area contributed by atoms with Gasteiger partial charge in [-0.15, -0.1) is 0 Å². The van der Waals surface area contributed by atoms with E-state index < -0.39 is 5.97 Å². The molecular weight excluding hydrogens is 372 g/mol. The van der Waals surface area contributed by atoms with Crippen molar-refractivity contribution in [2.24, 2.45) is 0 Å². The number of hydrogen-bond acceptors (Lipinski definition) is 5. The van der Waals surface area contributed by atoms with Gasteiger partial charge in [0.1, 0.15) is 5.75 Å². The molecule has 0 spiro atoms. The summed E-state index contributed by atoms with van der Waals surface area (Å²) in [4.78, 5) is 42.2. The number of H-pyrrole nitrogens is 1. The molecule has 0 saturated carbocycles. The summed E-state index contributed by atoms with van der Waals surface area (Å²) in [5.41, 5.74) is 3.28. The number of ketones is 1. The third-order valence-electron chi connectivity index (χ3n) is 5.53. The summed E-state index contributed by atoms with van der Waals surface area (Å²) in [5.74, 6) is 0.00290. The minimum Gasteiger partial charge on any atom is -0.495 e. The van der Waals surface area contributed by atoms with E-state index in [4.69, 9.17) is 9.47 Å². The predicted octanol–water partition coefficient (Wildman–Crippen LogP) is 3.40. The van der Waals surface area contributed by atoms with Gasteiger partial charge in [0.25, 0.3) is 0 Å². The Morgan fingerprint density at radius 3 is 2.59 bits per heavy atom. The van der Waals surface area contributed by atoms with Crippen molar-refractivity contribution in [3.63, 3.8) is 0 Å². The molecular formula is C22H26N2O5. The number of Topliss-reactive ketones (excluding diaryl/α,β-unsaturated/α-hetero) is 1. The van der Waals surface area contributed by atoms with Crippen LogP contribution in [0.25, 0.3) is 0 Å². The number of methoxy groups -OCH3 is 2. The Morgan fingerprint density at radius 1 is 1.24 bits per heavy atom. The van der Waals surface area contributed by atoms with Crippen LogP contribution in [0, 0.1) is 6.92 Å². The Balaban J connectivity index is 2.01. The van der Waals surface area contributed by atoms with Crippen LogP contribution in [0.15, 0.2) is 18.2 Å². The van der Waals surface area contributed by atoms with E-state index in [2.05, 4.69) is 11.9 Å². The minimum absolute atomic E-state index is 0.0512. The summed E-state index contributed by atoms with van der Waals surface area (Å²) < 4.78 is 10.4. The SMILES string of the molecule is COC(=O)c1c(CC(=O)N2CC[C@@H](C)c3cccc(OC)c32)[nH]c(C(C)=O)c1C. The van der Waals surface area contributed by atoms with Gasteiger partial charge >= 0.3 is 5.97 Å². The molecule has 0 saturated heterocycles. The van der Waals surface area contributed by atoms with E-state index in [0.717, 1.165) is 17.7 Å². The lowest BCUT2D eigenvalue weighted by Crippen LogP contribution is -2.38. The Bertz CT molecular complexity index is 976. The molecule has 2 heterocycles. The Labute approximate surface area is 170 Å². The number of aromatic amines is 1. The molecule has 7 heteroatoms. The first-order valence-electron chi connectivity index (χ1n) is 9.58. The van der Waals surface area contributed by atoms with Crippen molar-refractivity contribution >= 4 is 23.3 Å². The molecule has 0 unspecified atom stereocenters. The van der Waals surface area contributed by atoms with E-state index in [-0.39, 0.29) is 23.7 Å². The molecule has 1 amide bonds. The number of para-hydroxylation sites is 1. The van der Waals surface area contributed by atoms with Crippen LogP contribution in [-0.2, 0) is 16.0 Å². The van der Waals surface area contributed by atoms with Gasteiger partial charge in [-0.1, -0.05) is 19.1 Å². The summed E-state index contributed by atoms with van der Waals surface area (Å²) in [6.07, 6.45) is 0.780. The fourth-order valence-corrected chi connectivity index (χ4v) is 4.00. The molecule has 1 aliphatic rings. The van der Waals surface area contributed by atoms with Gasteiger partial charge in [-0.3, -0.25) is 9.59 Å². The van der Waals surface area contributed by atoms with E-state index in [1.807, 2.05) is 18.2 Å². The largest absolute Gasteiger partial charge is 0.495 e. The van der Waals surface area contributed by atoms with Crippen molar-refractivity contribution in [2.45, 2.75) is 39.5 Å². The van der Waals surface area contributed by atoms with Crippen molar-refractivity contribution in [2.75, 3.05) is 25.7 Å². The summed E-state index contributed by atoms with van der Waals surface area (Å²) in [6, 6.07) is 5.77. The summed E-state index contributed by atoms with van der Waals surface area (Å²) in [6.45, 7) is 5.77. The maximum absolute atomic E-state index is 13.3. The van der Waals surface area contributed by atoms with Gasteiger partial charge < -0.3 is 19.4 Å². The molecule has 29 heavy (non-hydrogen) atoms. The van der Waals surface area contributed by atoms with Gasteiger partial charge in [0.2, 0.25) is 5.91 Å². The van der Waals surface area contributed by atoms with Crippen molar-refractivity contribution in [3.05, 3.63) is 46.3 Å². The molecule has 154 valence electrons. The van der Waals surface area contributed by atoms with Crippen LogP contribution in [-0.4, -0.2) is 43.4 Å². The van der Waals surface area contributed by atoms with Gasteiger partial charge in [0.05, 0.1) is 37.6 Å². The topological polar surface area (TPSA) is 88.7 Å². The Morgan fingerprint density at radius 2 is 1.97 bits per heavy atom. The summed E-state index contributed by atoms with van der Waals surface area (Å²) in [5, 5.41) is 0. The normalized spacial score (nSPS) is 15.6. The summed E-state index contributed by atoms with van der Waals surface area (Å²) >= 11 is 0. The standard InChI is InChI=1S/C22H26N2O5/c1-12-9-10-24(21-15(12)7-6-8-17(21)28-4)18(26)11-16-19(22(27)29-5)13(2)20(23-16)14(3)25/h6-8,12,23H,9-11H2,1-5H3/t12-/m1/s1. The van der Waals surface area contributed by atoms with Crippen LogP contribution in [0.3, 0.4) is 0 Å². The zero-order valence-corrected chi connectivity index (χ0v) is 17.4. The Hall–Kier alpha value is -3.09. The molecule has 1 aliphatic heterocycles. The van der Waals surface area contributed by atoms with Crippen molar-refractivity contribution in [1.29, 1.82) is 0 Å². The number of nitrogens with one attached hydrogen (secondary N) is 1. The number of carbonyl (C=O) groups is 3. The zero-order valence-electron chi connectivity index (χ0n) is 17.4. The van der Waals surface area contributed by atoms with E-state index >= 15 is 0 Å². The molecule has 1 aromatic carbocycles. The number of esters is 1. The highest BCUT2D eigenvalue weighted by Crippen LogP contribution is 2.41. The third-order valence-corrected chi connectivity index (χ3v) is 5.53. The van der Waals surface area contributed by atoms with Gasteiger partial charge in [-0.2, -0.15) is 0 Å². The fraction of sp³-hybridized carbons (Fsp3) is 0.409. The monoisotopic (exact) mass is 398 g/mol. The van der Waals surface area contributed by atoms with E-state index in [9.17, 15) is 14.4 Å². The number of fused-ring (bicyclic) bond motifs is 1. The number of nitrogens with zero attached hydrogens (tertiary/aromatic N) is 1. The smallest absolute Gasteiger partial charge is 0.339 e. The first kappa shape index (κ1) is 20.6. The van der Waals surface area contributed by atoms with E-state index in [1.54, 1.807) is 18.9 Å². The second-order valence-electron chi connectivity index (χ2n) is 7.34. The number of hydrogen-bond donors (Lipinski definition) is 1. The van der Waals surface area contributed by atoms with E-state index in [1.165, 1.54) is 14.0 Å². The third kappa shape index (κ3) is 3.64. The number of carbonyl (C=O) groups excluding carboxylic acids is 3. The predicted molar refractivity (Wildman–Crippen MR) is 109 cm³/mol. The number of ether oxygens (including phenoxy) is 2. The van der Waals surface area contributed by atoms with E-state index in [0.29, 0.717) is 35.2 Å².